The fourth-order valence-electron chi connectivity index (χ4n) is 2.06. The number of ether oxygens (including phenoxy) is 2. The lowest BCUT2D eigenvalue weighted by Crippen LogP contribution is -2.25. The molecule has 24 heavy (non-hydrogen) atoms. The number of carbonyl (C=O) groups is 1. The monoisotopic (exact) mass is 348 g/mol. The minimum atomic E-state index is -0.176. The maximum absolute atomic E-state index is 12.2. The summed E-state index contributed by atoms with van der Waals surface area (Å²) in [4.78, 5) is 16.2. The quantitative estimate of drug-likeness (QED) is 0.701. The predicted octanol–water partition coefficient (Wildman–Crippen LogP) is 3.72. The van der Waals surface area contributed by atoms with E-state index in [2.05, 4.69) is 10.3 Å². The van der Waals surface area contributed by atoms with Crippen LogP contribution in [0.15, 0.2) is 42.6 Å². The molecule has 5 nitrogen and oxygen atoms in total. The first kappa shape index (κ1) is 18.1. The van der Waals surface area contributed by atoms with Gasteiger partial charge in [-0.25, -0.2) is 4.98 Å². The lowest BCUT2D eigenvalue weighted by Gasteiger charge is -2.09. The highest BCUT2D eigenvalue weighted by atomic mass is 35.5. The number of hydrogen-bond acceptors (Lipinski definition) is 4. The molecule has 1 amide bonds. The zero-order valence-electron chi connectivity index (χ0n) is 13.6. The number of unbranched alkanes of at least 4 members (excludes halogenated alkanes) is 1. The van der Waals surface area contributed by atoms with Crippen LogP contribution >= 0.6 is 11.6 Å². The molecular weight excluding hydrogens is 328 g/mol. The molecule has 0 fully saturated rings. The van der Waals surface area contributed by atoms with Crippen LogP contribution in [0.25, 0.3) is 0 Å². The van der Waals surface area contributed by atoms with Gasteiger partial charge in [-0.15, -0.1) is 0 Å². The second-order valence-electron chi connectivity index (χ2n) is 5.05. The number of amides is 1. The maximum atomic E-state index is 12.2. The fourth-order valence-corrected chi connectivity index (χ4v) is 2.19. The van der Waals surface area contributed by atoms with E-state index in [0.717, 1.165) is 18.6 Å². The van der Waals surface area contributed by atoms with Crippen molar-refractivity contribution in [1.29, 1.82) is 0 Å². The highest BCUT2D eigenvalue weighted by molar-refractivity contribution is 6.30. The van der Waals surface area contributed by atoms with Gasteiger partial charge in [0.2, 0.25) is 5.88 Å². The molecule has 0 saturated heterocycles. The lowest BCUT2D eigenvalue weighted by molar-refractivity contribution is 0.0947. The summed E-state index contributed by atoms with van der Waals surface area (Å²) in [7, 11) is 0. The molecule has 0 saturated carbocycles. The molecular formula is C18H21ClN2O3. The number of hydrogen-bond donors (Lipinski definition) is 1. The Balaban J connectivity index is 1.67. The van der Waals surface area contributed by atoms with E-state index in [1.807, 2.05) is 19.1 Å². The number of aromatic nitrogens is 1. The second-order valence-corrected chi connectivity index (χ2v) is 5.49. The van der Waals surface area contributed by atoms with Crippen molar-refractivity contribution in [2.75, 3.05) is 19.8 Å². The van der Waals surface area contributed by atoms with Crippen molar-refractivity contribution in [3.8, 4) is 11.6 Å². The van der Waals surface area contributed by atoms with E-state index in [9.17, 15) is 4.79 Å². The minimum absolute atomic E-state index is 0.176. The van der Waals surface area contributed by atoms with Crippen LogP contribution in [-0.2, 0) is 0 Å². The van der Waals surface area contributed by atoms with E-state index >= 15 is 0 Å². The Morgan fingerprint density at radius 1 is 1.17 bits per heavy atom. The Bertz CT molecular complexity index is 647. The fraction of sp³-hybridized carbons (Fsp3) is 0.333. The Hall–Kier alpha value is -2.27. The van der Waals surface area contributed by atoms with Crippen LogP contribution in [0.2, 0.25) is 5.02 Å². The highest BCUT2D eigenvalue weighted by Crippen LogP contribution is 2.16. The van der Waals surface area contributed by atoms with Crippen LogP contribution in [0, 0.1) is 0 Å². The van der Waals surface area contributed by atoms with Crippen LogP contribution in [-0.4, -0.2) is 30.6 Å². The SMILES string of the molecule is CCOc1ncccc1C(=O)NCCCCOc1ccc(Cl)cc1. The van der Waals surface area contributed by atoms with E-state index in [-0.39, 0.29) is 5.91 Å². The molecule has 0 spiro atoms. The van der Waals surface area contributed by atoms with Gasteiger partial charge >= 0.3 is 0 Å². The van der Waals surface area contributed by atoms with Crippen molar-refractivity contribution in [2.45, 2.75) is 19.8 Å². The number of rotatable bonds is 9. The van der Waals surface area contributed by atoms with Crippen LogP contribution in [0.4, 0.5) is 0 Å². The van der Waals surface area contributed by atoms with Crippen LogP contribution in [0.5, 0.6) is 11.6 Å². The van der Waals surface area contributed by atoms with Crippen molar-refractivity contribution < 1.29 is 14.3 Å². The summed E-state index contributed by atoms with van der Waals surface area (Å²) in [5.74, 6) is 0.980. The van der Waals surface area contributed by atoms with Gasteiger partial charge < -0.3 is 14.8 Å². The van der Waals surface area contributed by atoms with Gasteiger partial charge in [-0.2, -0.15) is 0 Å². The molecule has 1 N–H and O–H groups in total. The summed E-state index contributed by atoms with van der Waals surface area (Å²) in [5, 5.41) is 3.56. The molecule has 1 heterocycles. The van der Waals surface area contributed by atoms with Gasteiger partial charge in [0, 0.05) is 17.8 Å². The molecule has 0 unspecified atom stereocenters. The zero-order valence-corrected chi connectivity index (χ0v) is 14.4. The van der Waals surface area contributed by atoms with Gasteiger partial charge in [0.1, 0.15) is 11.3 Å². The Labute approximate surface area is 147 Å². The van der Waals surface area contributed by atoms with Crippen molar-refractivity contribution in [1.82, 2.24) is 10.3 Å². The number of pyridine rings is 1. The molecule has 128 valence electrons. The zero-order chi connectivity index (χ0) is 17.2. The molecule has 0 bridgehead atoms. The standard InChI is InChI=1S/C18H21ClN2O3/c1-2-23-18-16(6-5-12-21-18)17(22)20-11-3-4-13-24-15-9-7-14(19)8-10-15/h5-10,12H,2-4,11,13H2,1H3,(H,20,22). The van der Waals surface area contributed by atoms with E-state index in [4.69, 9.17) is 21.1 Å². The van der Waals surface area contributed by atoms with Crippen molar-refractivity contribution in [3.05, 3.63) is 53.2 Å². The van der Waals surface area contributed by atoms with E-state index in [0.29, 0.717) is 36.2 Å². The number of halogens is 1. The first-order valence-corrected chi connectivity index (χ1v) is 8.33. The molecule has 0 atom stereocenters. The molecule has 1 aromatic heterocycles. The summed E-state index contributed by atoms with van der Waals surface area (Å²) in [6.45, 7) is 3.49. The van der Waals surface area contributed by atoms with Gasteiger partial charge in [0.25, 0.3) is 5.91 Å². The molecule has 0 aliphatic rings. The van der Waals surface area contributed by atoms with Crippen molar-refractivity contribution in [2.24, 2.45) is 0 Å². The third kappa shape index (κ3) is 5.74. The van der Waals surface area contributed by atoms with Crippen LogP contribution in [0.3, 0.4) is 0 Å². The average Bonchev–Trinajstić information content (AvgIpc) is 2.60. The van der Waals surface area contributed by atoms with Gasteiger partial charge in [-0.1, -0.05) is 11.6 Å². The minimum Gasteiger partial charge on any atom is -0.494 e. The third-order valence-corrected chi connectivity index (χ3v) is 3.49. The summed E-state index contributed by atoms with van der Waals surface area (Å²) in [5.41, 5.74) is 0.455. The third-order valence-electron chi connectivity index (χ3n) is 3.24. The molecule has 1 aromatic carbocycles. The van der Waals surface area contributed by atoms with Gasteiger partial charge in [0.15, 0.2) is 0 Å². The molecule has 0 aliphatic heterocycles. The largest absolute Gasteiger partial charge is 0.494 e. The van der Waals surface area contributed by atoms with E-state index in [1.54, 1.807) is 30.5 Å². The number of benzene rings is 1. The summed E-state index contributed by atoms with van der Waals surface area (Å²) < 4.78 is 11.0. The Kier molecular flexibility index (Phi) is 7.36. The van der Waals surface area contributed by atoms with Gasteiger partial charge in [0.05, 0.1) is 13.2 Å². The average molecular weight is 349 g/mol. The number of nitrogens with one attached hydrogen (secondary N) is 1. The smallest absolute Gasteiger partial charge is 0.256 e. The second kappa shape index (κ2) is 9.78. The molecule has 6 heteroatoms. The Morgan fingerprint density at radius 3 is 2.71 bits per heavy atom. The number of carbonyl (C=O) groups excluding carboxylic acids is 1. The van der Waals surface area contributed by atoms with E-state index in [1.165, 1.54) is 0 Å². The summed E-state index contributed by atoms with van der Waals surface area (Å²) in [6, 6.07) is 10.7. The Morgan fingerprint density at radius 2 is 1.96 bits per heavy atom. The van der Waals surface area contributed by atoms with Crippen molar-refractivity contribution in [3.63, 3.8) is 0 Å². The maximum Gasteiger partial charge on any atom is 0.256 e. The molecule has 0 radical (unpaired) electrons. The number of nitrogens with zero attached hydrogens (tertiary/aromatic N) is 1. The summed E-state index contributed by atoms with van der Waals surface area (Å²) in [6.07, 6.45) is 3.27. The van der Waals surface area contributed by atoms with Gasteiger partial charge in [-0.3, -0.25) is 4.79 Å². The van der Waals surface area contributed by atoms with Crippen molar-refractivity contribution >= 4 is 17.5 Å². The highest BCUT2D eigenvalue weighted by Gasteiger charge is 2.12. The van der Waals surface area contributed by atoms with Gasteiger partial charge in [-0.05, 0) is 56.2 Å². The normalized spacial score (nSPS) is 10.2. The van der Waals surface area contributed by atoms with Crippen LogP contribution < -0.4 is 14.8 Å². The van der Waals surface area contributed by atoms with Crippen LogP contribution in [0.1, 0.15) is 30.1 Å². The first-order valence-electron chi connectivity index (χ1n) is 7.95. The predicted molar refractivity (Wildman–Crippen MR) is 93.9 cm³/mol. The molecule has 2 rings (SSSR count). The molecule has 0 aliphatic carbocycles. The molecule has 2 aromatic rings. The first-order chi connectivity index (χ1) is 11.7. The summed E-state index contributed by atoms with van der Waals surface area (Å²) >= 11 is 5.82. The van der Waals surface area contributed by atoms with E-state index < -0.39 is 0 Å². The topological polar surface area (TPSA) is 60.5 Å². The lowest BCUT2D eigenvalue weighted by atomic mass is 10.2.